The number of aromatic nitrogens is 2. The third-order valence-electron chi connectivity index (χ3n) is 3.75. The molecule has 0 atom stereocenters. The Labute approximate surface area is 121 Å². The van der Waals surface area contributed by atoms with Crippen LogP contribution in [0.25, 0.3) is 27.4 Å². The second-order valence-corrected chi connectivity index (χ2v) is 4.93. The molecule has 0 radical (unpaired) electrons. The van der Waals surface area contributed by atoms with E-state index in [1.165, 1.54) is 0 Å². The van der Waals surface area contributed by atoms with Crippen LogP contribution < -0.4 is 0 Å². The predicted molar refractivity (Wildman–Crippen MR) is 82.8 cm³/mol. The highest BCUT2D eigenvalue weighted by molar-refractivity contribution is 5.99. The molecule has 0 aliphatic carbocycles. The van der Waals surface area contributed by atoms with Crippen molar-refractivity contribution in [3.63, 3.8) is 0 Å². The van der Waals surface area contributed by atoms with Gasteiger partial charge in [-0.3, -0.25) is 0 Å². The van der Waals surface area contributed by atoms with Gasteiger partial charge in [0.05, 0.1) is 17.1 Å². The number of nitriles is 1. The maximum absolute atomic E-state index is 9.25. The summed E-state index contributed by atoms with van der Waals surface area (Å²) in [6.45, 7) is 0. The molecular formula is C18H11N3. The smallest absolute Gasteiger partial charge is 0.0998 e. The van der Waals surface area contributed by atoms with Crippen LogP contribution in [0.2, 0.25) is 0 Å². The molecule has 0 aliphatic rings. The van der Waals surface area contributed by atoms with Gasteiger partial charge in [0.15, 0.2) is 0 Å². The maximum atomic E-state index is 9.25. The average molecular weight is 269 g/mol. The summed E-state index contributed by atoms with van der Waals surface area (Å²) < 4.78 is 1.84. The lowest BCUT2D eigenvalue weighted by Gasteiger charge is -2.08. The molecular weight excluding hydrogens is 258 g/mol. The first-order valence-corrected chi connectivity index (χ1v) is 6.72. The molecule has 2 aromatic carbocycles. The van der Waals surface area contributed by atoms with E-state index in [1.54, 1.807) is 6.20 Å². The zero-order valence-corrected chi connectivity index (χ0v) is 11.2. The minimum Gasteiger partial charge on any atom is -0.241 e. The zero-order valence-electron chi connectivity index (χ0n) is 11.2. The van der Waals surface area contributed by atoms with E-state index in [-0.39, 0.29) is 0 Å². The van der Waals surface area contributed by atoms with E-state index >= 15 is 0 Å². The second-order valence-electron chi connectivity index (χ2n) is 4.93. The molecule has 0 saturated heterocycles. The maximum Gasteiger partial charge on any atom is 0.0998 e. The Morgan fingerprint density at radius 1 is 0.952 bits per heavy atom. The molecule has 0 saturated carbocycles. The number of benzene rings is 2. The van der Waals surface area contributed by atoms with E-state index < -0.39 is 0 Å². The summed E-state index contributed by atoms with van der Waals surface area (Å²) in [5, 5.41) is 15.6. The van der Waals surface area contributed by atoms with Gasteiger partial charge in [-0.05, 0) is 40.8 Å². The Balaban J connectivity index is 2.04. The van der Waals surface area contributed by atoms with E-state index in [2.05, 4.69) is 29.4 Å². The van der Waals surface area contributed by atoms with Crippen molar-refractivity contribution in [2.45, 2.75) is 0 Å². The topological polar surface area (TPSA) is 41.1 Å². The summed E-state index contributed by atoms with van der Waals surface area (Å²) >= 11 is 0. The summed E-state index contributed by atoms with van der Waals surface area (Å²) in [6.07, 6.45) is 3.74. The fourth-order valence-corrected chi connectivity index (χ4v) is 2.75. The summed E-state index contributed by atoms with van der Waals surface area (Å²) in [6, 6.07) is 20.3. The minimum absolute atomic E-state index is 0.708. The van der Waals surface area contributed by atoms with Crippen LogP contribution in [0.4, 0.5) is 0 Å². The Kier molecular flexibility index (Phi) is 2.48. The van der Waals surface area contributed by atoms with E-state index in [0.29, 0.717) is 5.56 Å². The Morgan fingerprint density at radius 2 is 1.81 bits per heavy atom. The van der Waals surface area contributed by atoms with Gasteiger partial charge in [0, 0.05) is 17.8 Å². The minimum atomic E-state index is 0.708. The molecule has 0 fully saturated rings. The zero-order chi connectivity index (χ0) is 14.2. The number of nitrogens with zero attached hydrogens (tertiary/aromatic N) is 3. The van der Waals surface area contributed by atoms with Gasteiger partial charge in [0.1, 0.15) is 0 Å². The molecule has 98 valence electrons. The third-order valence-corrected chi connectivity index (χ3v) is 3.75. The van der Waals surface area contributed by atoms with Crippen molar-refractivity contribution in [1.82, 2.24) is 9.61 Å². The lowest BCUT2D eigenvalue weighted by atomic mass is 9.96. The molecule has 2 aromatic heterocycles. The molecule has 21 heavy (non-hydrogen) atoms. The van der Waals surface area contributed by atoms with Gasteiger partial charge in [0.2, 0.25) is 0 Å². The quantitative estimate of drug-likeness (QED) is 0.523. The van der Waals surface area contributed by atoms with Gasteiger partial charge in [-0.2, -0.15) is 10.4 Å². The van der Waals surface area contributed by atoms with Gasteiger partial charge in [-0.1, -0.05) is 30.3 Å². The first-order valence-electron chi connectivity index (χ1n) is 6.72. The van der Waals surface area contributed by atoms with Crippen molar-refractivity contribution < 1.29 is 0 Å². The fourth-order valence-electron chi connectivity index (χ4n) is 2.75. The molecule has 0 aliphatic heterocycles. The standard InChI is InChI=1S/C18H11N3/c19-12-14-3-1-6-18-16(4-2-5-17(14)18)13-8-10-21-15(11-13)7-9-20-21/h1-11H. The molecule has 3 heteroatoms. The van der Waals surface area contributed by atoms with E-state index in [0.717, 1.165) is 27.4 Å². The van der Waals surface area contributed by atoms with Gasteiger partial charge < -0.3 is 0 Å². The van der Waals surface area contributed by atoms with Crippen LogP contribution in [0.1, 0.15) is 5.56 Å². The molecule has 4 aromatic rings. The summed E-state index contributed by atoms with van der Waals surface area (Å²) in [4.78, 5) is 0. The number of hydrogen-bond acceptors (Lipinski definition) is 2. The van der Waals surface area contributed by atoms with Crippen molar-refractivity contribution in [3.05, 3.63) is 72.6 Å². The molecule has 0 amide bonds. The fraction of sp³-hybridized carbons (Fsp3) is 0. The van der Waals surface area contributed by atoms with E-state index in [9.17, 15) is 5.26 Å². The van der Waals surface area contributed by atoms with Gasteiger partial charge in [-0.15, -0.1) is 0 Å². The molecule has 3 nitrogen and oxygen atoms in total. The van der Waals surface area contributed by atoms with Gasteiger partial charge >= 0.3 is 0 Å². The van der Waals surface area contributed by atoms with Gasteiger partial charge in [-0.25, -0.2) is 4.52 Å². The highest BCUT2D eigenvalue weighted by Gasteiger charge is 2.07. The Hall–Kier alpha value is -3.12. The molecule has 0 bridgehead atoms. The van der Waals surface area contributed by atoms with Crippen LogP contribution in [0.5, 0.6) is 0 Å². The second kappa shape index (κ2) is 4.46. The van der Waals surface area contributed by atoms with Gasteiger partial charge in [0.25, 0.3) is 0 Å². The van der Waals surface area contributed by atoms with Crippen molar-refractivity contribution >= 4 is 16.3 Å². The van der Waals surface area contributed by atoms with Crippen molar-refractivity contribution in [2.75, 3.05) is 0 Å². The van der Waals surface area contributed by atoms with Crippen LogP contribution in [0, 0.1) is 11.3 Å². The average Bonchev–Trinajstić information content (AvgIpc) is 3.01. The van der Waals surface area contributed by atoms with Crippen molar-refractivity contribution in [1.29, 1.82) is 5.26 Å². The molecule has 2 heterocycles. The SMILES string of the molecule is N#Cc1cccc2c(-c3ccn4nccc4c3)cccc12. The highest BCUT2D eigenvalue weighted by atomic mass is 15.2. The van der Waals surface area contributed by atoms with Crippen molar-refractivity contribution in [2.24, 2.45) is 0 Å². The van der Waals surface area contributed by atoms with Crippen LogP contribution in [-0.2, 0) is 0 Å². The Bertz CT molecular complexity index is 1010. The summed E-state index contributed by atoms with van der Waals surface area (Å²) in [5.41, 5.74) is 4.03. The number of rotatable bonds is 1. The Morgan fingerprint density at radius 3 is 2.71 bits per heavy atom. The first kappa shape index (κ1) is 11.7. The third kappa shape index (κ3) is 1.78. The van der Waals surface area contributed by atoms with E-state index in [1.807, 2.05) is 47.1 Å². The number of fused-ring (bicyclic) bond motifs is 2. The molecule has 0 N–H and O–H groups in total. The summed E-state index contributed by atoms with van der Waals surface area (Å²) in [5.74, 6) is 0. The lowest BCUT2D eigenvalue weighted by Crippen LogP contribution is -1.88. The van der Waals surface area contributed by atoms with Crippen molar-refractivity contribution in [3.8, 4) is 17.2 Å². The van der Waals surface area contributed by atoms with Crippen LogP contribution in [0.15, 0.2) is 67.0 Å². The lowest BCUT2D eigenvalue weighted by molar-refractivity contribution is 0.962. The number of pyridine rings is 1. The summed E-state index contributed by atoms with van der Waals surface area (Å²) in [7, 11) is 0. The first-order chi connectivity index (χ1) is 10.4. The highest BCUT2D eigenvalue weighted by Crippen LogP contribution is 2.30. The number of hydrogen-bond donors (Lipinski definition) is 0. The largest absolute Gasteiger partial charge is 0.241 e. The van der Waals surface area contributed by atoms with Crippen LogP contribution in [-0.4, -0.2) is 9.61 Å². The molecule has 4 rings (SSSR count). The van der Waals surface area contributed by atoms with E-state index in [4.69, 9.17) is 0 Å². The normalized spacial score (nSPS) is 10.8. The molecule has 0 spiro atoms. The van der Waals surface area contributed by atoms with Crippen LogP contribution in [0.3, 0.4) is 0 Å². The monoisotopic (exact) mass is 269 g/mol. The predicted octanol–water partition coefficient (Wildman–Crippen LogP) is 4.03. The molecule has 0 unspecified atom stereocenters. The van der Waals surface area contributed by atoms with Crippen LogP contribution >= 0.6 is 0 Å².